The van der Waals surface area contributed by atoms with Crippen LogP contribution in [0.4, 0.5) is 0 Å². The van der Waals surface area contributed by atoms with Gasteiger partial charge in [0.05, 0.1) is 18.6 Å². The molecular formula is C17H27NO4. The molecule has 0 saturated heterocycles. The Morgan fingerprint density at radius 2 is 1.82 bits per heavy atom. The van der Waals surface area contributed by atoms with Gasteiger partial charge in [0.1, 0.15) is 0 Å². The Morgan fingerprint density at radius 1 is 1.18 bits per heavy atom. The molecule has 5 heteroatoms. The lowest BCUT2D eigenvalue weighted by Gasteiger charge is -2.19. The number of carboxylic acid groups (broad SMARTS) is 1. The van der Waals surface area contributed by atoms with Crippen LogP contribution in [0.3, 0.4) is 0 Å². The molecule has 0 spiro atoms. The maximum atomic E-state index is 11.0. The van der Waals surface area contributed by atoms with Crippen LogP contribution in [-0.2, 0) is 11.3 Å². The van der Waals surface area contributed by atoms with Crippen LogP contribution in [0.1, 0.15) is 39.7 Å². The van der Waals surface area contributed by atoms with Gasteiger partial charge in [-0.3, -0.25) is 4.79 Å². The number of benzene rings is 1. The number of hydrogen-bond acceptors (Lipinski definition) is 4. The van der Waals surface area contributed by atoms with Crippen molar-refractivity contribution in [2.24, 2.45) is 5.41 Å². The molecule has 22 heavy (non-hydrogen) atoms. The summed E-state index contributed by atoms with van der Waals surface area (Å²) >= 11 is 0. The van der Waals surface area contributed by atoms with Crippen LogP contribution in [-0.4, -0.2) is 30.8 Å². The van der Waals surface area contributed by atoms with E-state index in [0.29, 0.717) is 32.7 Å². The molecule has 1 rings (SSSR count). The molecule has 0 aliphatic heterocycles. The molecule has 0 fully saturated rings. The number of nitrogens with one attached hydrogen (secondary N) is 1. The first-order chi connectivity index (χ1) is 10.4. The van der Waals surface area contributed by atoms with E-state index in [1.165, 1.54) is 0 Å². The van der Waals surface area contributed by atoms with Crippen LogP contribution >= 0.6 is 0 Å². The van der Waals surface area contributed by atoms with Crippen molar-refractivity contribution in [3.05, 3.63) is 23.8 Å². The highest BCUT2D eigenvalue weighted by Gasteiger charge is 2.26. The van der Waals surface area contributed by atoms with E-state index in [1.807, 2.05) is 32.0 Å². The number of ether oxygens (including phenoxy) is 2. The van der Waals surface area contributed by atoms with Crippen LogP contribution in [0.2, 0.25) is 0 Å². The van der Waals surface area contributed by atoms with Crippen molar-refractivity contribution < 1.29 is 19.4 Å². The van der Waals surface area contributed by atoms with Gasteiger partial charge in [0.25, 0.3) is 0 Å². The molecule has 0 aliphatic carbocycles. The summed E-state index contributed by atoms with van der Waals surface area (Å²) < 4.78 is 11.1. The third-order valence-electron chi connectivity index (χ3n) is 3.44. The minimum Gasteiger partial charge on any atom is -0.490 e. The van der Waals surface area contributed by atoms with E-state index in [1.54, 1.807) is 13.8 Å². The first-order valence-electron chi connectivity index (χ1n) is 7.73. The molecule has 0 aromatic heterocycles. The van der Waals surface area contributed by atoms with E-state index in [4.69, 9.17) is 14.6 Å². The summed E-state index contributed by atoms with van der Waals surface area (Å²) in [5.41, 5.74) is 0.377. The van der Waals surface area contributed by atoms with Crippen molar-refractivity contribution >= 4 is 5.97 Å². The predicted molar refractivity (Wildman–Crippen MR) is 86.5 cm³/mol. The molecule has 1 aromatic rings. The Kier molecular flexibility index (Phi) is 7.18. The van der Waals surface area contributed by atoms with E-state index in [9.17, 15) is 4.79 Å². The van der Waals surface area contributed by atoms with Crippen molar-refractivity contribution in [2.75, 3.05) is 19.8 Å². The van der Waals surface area contributed by atoms with Crippen molar-refractivity contribution in [3.63, 3.8) is 0 Å². The highest BCUT2D eigenvalue weighted by Crippen LogP contribution is 2.28. The van der Waals surface area contributed by atoms with Crippen LogP contribution in [0, 0.1) is 5.41 Å². The first kappa shape index (κ1) is 18.3. The van der Waals surface area contributed by atoms with Gasteiger partial charge in [-0.05, 0) is 58.4 Å². The maximum absolute atomic E-state index is 11.0. The van der Waals surface area contributed by atoms with Crippen LogP contribution in [0.5, 0.6) is 11.5 Å². The molecule has 0 aliphatic rings. The van der Waals surface area contributed by atoms with Gasteiger partial charge >= 0.3 is 5.97 Å². The van der Waals surface area contributed by atoms with Crippen LogP contribution in [0.25, 0.3) is 0 Å². The van der Waals surface area contributed by atoms with Gasteiger partial charge in [-0.2, -0.15) is 0 Å². The fourth-order valence-electron chi connectivity index (χ4n) is 1.95. The van der Waals surface area contributed by atoms with Crippen LogP contribution in [0.15, 0.2) is 18.2 Å². The lowest BCUT2D eigenvalue weighted by molar-refractivity contribution is -0.147. The van der Waals surface area contributed by atoms with Gasteiger partial charge in [0.2, 0.25) is 0 Å². The number of hydrogen-bond donors (Lipinski definition) is 2. The lowest BCUT2D eigenvalue weighted by Crippen LogP contribution is -2.28. The third kappa shape index (κ3) is 5.56. The predicted octanol–water partition coefficient (Wildman–Crippen LogP) is 3.07. The highest BCUT2D eigenvalue weighted by molar-refractivity contribution is 5.73. The second-order valence-electron chi connectivity index (χ2n) is 5.76. The monoisotopic (exact) mass is 309 g/mol. The van der Waals surface area contributed by atoms with Gasteiger partial charge in [-0.25, -0.2) is 0 Å². The Labute approximate surface area is 132 Å². The smallest absolute Gasteiger partial charge is 0.309 e. The standard InChI is InChI=1S/C17H27NO4/c1-5-21-14-8-7-13(11-15(14)22-6-2)12-18-10-9-17(3,4)16(19)20/h7-8,11,18H,5-6,9-10,12H2,1-4H3,(H,19,20). The average molecular weight is 309 g/mol. The third-order valence-corrected chi connectivity index (χ3v) is 3.44. The molecule has 0 atom stereocenters. The van der Waals surface area contributed by atoms with Crippen molar-refractivity contribution in [1.82, 2.24) is 5.32 Å². The minimum atomic E-state index is -0.769. The molecule has 1 aromatic carbocycles. The normalized spacial score (nSPS) is 11.3. The average Bonchev–Trinajstić information content (AvgIpc) is 2.46. The van der Waals surface area contributed by atoms with Crippen LogP contribution < -0.4 is 14.8 Å². The zero-order chi connectivity index (χ0) is 16.6. The number of aliphatic carboxylic acids is 1. The Hall–Kier alpha value is -1.75. The second-order valence-corrected chi connectivity index (χ2v) is 5.76. The summed E-state index contributed by atoms with van der Waals surface area (Å²) in [6.07, 6.45) is 0.581. The Balaban J connectivity index is 2.56. The summed E-state index contributed by atoms with van der Waals surface area (Å²) in [7, 11) is 0. The molecule has 2 N–H and O–H groups in total. The summed E-state index contributed by atoms with van der Waals surface area (Å²) in [6, 6.07) is 5.86. The van der Waals surface area contributed by atoms with Gasteiger partial charge in [0, 0.05) is 6.54 Å². The molecule has 124 valence electrons. The molecule has 0 bridgehead atoms. The molecule has 0 heterocycles. The fraction of sp³-hybridized carbons (Fsp3) is 0.588. The zero-order valence-corrected chi connectivity index (χ0v) is 13.9. The number of carbonyl (C=O) groups is 1. The fourth-order valence-corrected chi connectivity index (χ4v) is 1.95. The number of carboxylic acids is 1. The van der Waals surface area contributed by atoms with E-state index in [0.717, 1.165) is 17.1 Å². The first-order valence-corrected chi connectivity index (χ1v) is 7.73. The Morgan fingerprint density at radius 3 is 2.41 bits per heavy atom. The summed E-state index contributed by atoms with van der Waals surface area (Å²) in [5, 5.41) is 12.3. The molecule has 5 nitrogen and oxygen atoms in total. The van der Waals surface area contributed by atoms with Gasteiger partial charge < -0.3 is 19.9 Å². The molecule has 0 saturated carbocycles. The van der Waals surface area contributed by atoms with Gasteiger partial charge in [0.15, 0.2) is 11.5 Å². The SMILES string of the molecule is CCOc1ccc(CNCCC(C)(C)C(=O)O)cc1OCC. The van der Waals surface area contributed by atoms with Crippen molar-refractivity contribution in [2.45, 2.75) is 40.7 Å². The molecular weight excluding hydrogens is 282 g/mol. The van der Waals surface area contributed by atoms with Gasteiger partial charge in [-0.1, -0.05) is 6.07 Å². The topological polar surface area (TPSA) is 67.8 Å². The summed E-state index contributed by atoms with van der Waals surface area (Å²) in [4.78, 5) is 11.0. The largest absolute Gasteiger partial charge is 0.490 e. The van der Waals surface area contributed by atoms with E-state index >= 15 is 0 Å². The Bertz CT molecular complexity index is 486. The van der Waals surface area contributed by atoms with Crippen molar-refractivity contribution in [1.29, 1.82) is 0 Å². The second kappa shape index (κ2) is 8.63. The van der Waals surface area contributed by atoms with Gasteiger partial charge in [-0.15, -0.1) is 0 Å². The summed E-state index contributed by atoms with van der Waals surface area (Å²) in [6.45, 7) is 9.86. The minimum absolute atomic E-state index is 0.581. The zero-order valence-electron chi connectivity index (χ0n) is 13.9. The van der Waals surface area contributed by atoms with E-state index in [-0.39, 0.29) is 0 Å². The molecule has 0 unspecified atom stereocenters. The van der Waals surface area contributed by atoms with E-state index in [2.05, 4.69) is 5.32 Å². The van der Waals surface area contributed by atoms with E-state index < -0.39 is 11.4 Å². The number of rotatable bonds is 10. The molecule has 0 amide bonds. The van der Waals surface area contributed by atoms with Crippen molar-refractivity contribution in [3.8, 4) is 11.5 Å². The quantitative estimate of drug-likeness (QED) is 0.650. The summed E-state index contributed by atoms with van der Waals surface area (Å²) in [5.74, 6) is 0.726. The highest BCUT2D eigenvalue weighted by atomic mass is 16.5. The maximum Gasteiger partial charge on any atom is 0.309 e. The lowest BCUT2D eigenvalue weighted by atomic mass is 9.90. The molecule has 0 radical (unpaired) electrons.